The average molecular weight is 295 g/mol. The Bertz CT molecular complexity index is 383. The summed E-state index contributed by atoms with van der Waals surface area (Å²) in [5.41, 5.74) is 1.20. The van der Waals surface area contributed by atoms with E-state index >= 15 is 0 Å². The highest BCUT2D eigenvalue weighted by Gasteiger charge is 2.11. The molecule has 0 aromatic heterocycles. The van der Waals surface area contributed by atoms with Crippen LogP contribution in [-0.2, 0) is 6.54 Å². The number of benzene rings is 1. The third-order valence-electron chi connectivity index (χ3n) is 2.49. The lowest BCUT2D eigenvalue weighted by Crippen LogP contribution is -2.20. The van der Waals surface area contributed by atoms with Gasteiger partial charge in [-0.2, -0.15) is 0 Å². The highest BCUT2D eigenvalue weighted by Crippen LogP contribution is 2.31. The van der Waals surface area contributed by atoms with E-state index in [-0.39, 0.29) is 0 Å². The van der Waals surface area contributed by atoms with E-state index in [1.54, 1.807) is 12.1 Å². The summed E-state index contributed by atoms with van der Waals surface area (Å²) in [5, 5.41) is 5.08. The predicted molar refractivity (Wildman–Crippen MR) is 77.3 cm³/mol. The highest BCUT2D eigenvalue weighted by atomic mass is 35.5. The molecular formula is C13H18Cl3N. The minimum absolute atomic E-state index is 0.328. The number of halogens is 3. The number of nitrogens with one attached hydrogen (secondary N) is 1. The maximum absolute atomic E-state index is 6.11. The lowest BCUT2D eigenvalue weighted by atomic mass is 9.92. The first-order valence-electron chi connectivity index (χ1n) is 5.64. The molecule has 0 amide bonds. The first kappa shape index (κ1) is 15.1. The second-order valence-electron chi connectivity index (χ2n) is 5.31. The van der Waals surface area contributed by atoms with Crippen LogP contribution >= 0.6 is 34.8 Å². The van der Waals surface area contributed by atoms with Crippen molar-refractivity contribution >= 4 is 34.8 Å². The van der Waals surface area contributed by atoms with Crippen LogP contribution in [0.2, 0.25) is 15.1 Å². The molecule has 0 saturated carbocycles. The summed E-state index contributed by atoms with van der Waals surface area (Å²) < 4.78 is 0. The van der Waals surface area contributed by atoms with E-state index in [1.165, 1.54) is 0 Å². The molecule has 0 spiro atoms. The van der Waals surface area contributed by atoms with Crippen molar-refractivity contribution in [2.75, 3.05) is 6.54 Å². The van der Waals surface area contributed by atoms with Crippen molar-refractivity contribution < 1.29 is 0 Å². The topological polar surface area (TPSA) is 12.0 Å². The summed E-state index contributed by atoms with van der Waals surface area (Å²) in [6.07, 6.45) is 1.10. The SMILES string of the molecule is CC(C)(C)CCNCc1c(Cl)ccc(Cl)c1Cl. The van der Waals surface area contributed by atoms with Crippen LogP contribution in [-0.4, -0.2) is 6.54 Å². The second kappa shape index (κ2) is 6.29. The highest BCUT2D eigenvalue weighted by molar-refractivity contribution is 6.44. The van der Waals surface area contributed by atoms with Gasteiger partial charge in [-0.15, -0.1) is 0 Å². The number of rotatable bonds is 4. The van der Waals surface area contributed by atoms with E-state index < -0.39 is 0 Å². The molecule has 0 aliphatic rings. The third-order valence-corrected chi connectivity index (χ3v) is 3.69. The maximum atomic E-state index is 6.11. The number of hydrogen-bond acceptors (Lipinski definition) is 1. The molecule has 0 atom stereocenters. The smallest absolute Gasteiger partial charge is 0.0652 e. The minimum atomic E-state index is 0.328. The van der Waals surface area contributed by atoms with E-state index in [0.717, 1.165) is 18.5 Å². The standard InChI is InChI=1S/C13H18Cl3N/c1-13(2,3)6-7-17-8-9-10(14)4-5-11(15)12(9)16/h4-5,17H,6-8H2,1-3H3. The molecule has 0 radical (unpaired) electrons. The molecule has 1 nitrogen and oxygen atoms in total. The van der Waals surface area contributed by atoms with Crippen LogP contribution in [0.3, 0.4) is 0 Å². The summed E-state index contributed by atoms with van der Waals surface area (Å²) in [7, 11) is 0. The van der Waals surface area contributed by atoms with E-state index in [1.807, 2.05) is 0 Å². The third kappa shape index (κ3) is 5.05. The Balaban J connectivity index is 2.55. The van der Waals surface area contributed by atoms with Crippen LogP contribution in [0, 0.1) is 5.41 Å². The Morgan fingerprint density at radius 3 is 2.24 bits per heavy atom. The van der Waals surface area contributed by atoms with Gasteiger partial charge >= 0.3 is 0 Å². The average Bonchev–Trinajstić information content (AvgIpc) is 2.21. The predicted octanol–water partition coefficient (Wildman–Crippen LogP) is 5.17. The van der Waals surface area contributed by atoms with Crippen molar-refractivity contribution in [3.63, 3.8) is 0 Å². The molecule has 17 heavy (non-hydrogen) atoms. The van der Waals surface area contributed by atoms with Crippen molar-refractivity contribution in [2.45, 2.75) is 33.7 Å². The van der Waals surface area contributed by atoms with Gasteiger partial charge in [0.05, 0.1) is 10.0 Å². The van der Waals surface area contributed by atoms with Crippen molar-refractivity contribution in [3.8, 4) is 0 Å². The van der Waals surface area contributed by atoms with Crippen molar-refractivity contribution in [1.29, 1.82) is 0 Å². The number of hydrogen-bond donors (Lipinski definition) is 1. The lowest BCUT2D eigenvalue weighted by Gasteiger charge is -2.18. The van der Waals surface area contributed by atoms with Gasteiger partial charge in [0, 0.05) is 17.1 Å². The van der Waals surface area contributed by atoms with Gasteiger partial charge in [-0.3, -0.25) is 0 Å². The molecule has 1 rings (SSSR count). The van der Waals surface area contributed by atoms with Gasteiger partial charge in [0.1, 0.15) is 0 Å². The Morgan fingerprint density at radius 2 is 1.65 bits per heavy atom. The van der Waals surface area contributed by atoms with E-state index in [2.05, 4.69) is 26.1 Å². The Kier molecular flexibility index (Phi) is 5.59. The van der Waals surface area contributed by atoms with Crippen LogP contribution in [0.25, 0.3) is 0 Å². The fourth-order valence-corrected chi connectivity index (χ4v) is 2.09. The Morgan fingerprint density at radius 1 is 1.06 bits per heavy atom. The molecule has 1 aromatic carbocycles. The van der Waals surface area contributed by atoms with Crippen molar-refractivity contribution in [2.24, 2.45) is 5.41 Å². The largest absolute Gasteiger partial charge is 0.313 e. The van der Waals surface area contributed by atoms with Gasteiger partial charge in [-0.25, -0.2) is 0 Å². The van der Waals surface area contributed by atoms with Gasteiger partial charge < -0.3 is 5.32 Å². The molecule has 1 aromatic rings. The molecule has 0 aliphatic carbocycles. The minimum Gasteiger partial charge on any atom is -0.313 e. The zero-order valence-corrected chi connectivity index (χ0v) is 12.7. The van der Waals surface area contributed by atoms with Crippen LogP contribution in [0.5, 0.6) is 0 Å². The van der Waals surface area contributed by atoms with Crippen molar-refractivity contribution in [1.82, 2.24) is 5.32 Å². The molecule has 0 saturated heterocycles. The van der Waals surface area contributed by atoms with Gasteiger partial charge in [-0.05, 0) is 30.5 Å². The molecule has 0 unspecified atom stereocenters. The normalized spacial score (nSPS) is 11.9. The fourth-order valence-electron chi connectivity index (χ4n) is 1.41. The molecule has 4 heteroatoms. The van der Waals surface area contributed by atoms with Gasteiger partial charge in [-0.1, -0.05) is 55.6 Å². The fraction of sp³-hybridized carbons (Fsp3) is 0.538. The molecule has 96 valence electrons. The van der Waals surface area contributed by atoms with Crippen LogP contribution in [0.4, 0.5) is 0 Å². The quantitative estimate of drug-likeness (QED) is 0.596. The second-order valence-corrected chi connectivity index (χ2v) is 6.50. The van der Waals surface area contributed by atoms with Gasteiger partial charge in [0.15, 0.2) is 0 Å². The van der Waals surface area contributed by atoms with Crippen LogP contribution in [0.15, 0.2) is 12.1 Å². The summed E-state index contributed by atoms with van der Waals surface area (Å²) in [6, 6.07) is 3.49. The van der Waals surface area contributed by atoms with E-state index in [4.69, 9.17) is 34.8 Å². The zero-order valence-electron chi connectivity index (χ0n) is 10.4. The van der Waals surface area contributed by atoms with Crippen LogP contribution in [0.1, 0.15) is 32.8 Å². The monoisotopic (exact) mass is 293 g/mol. The van der Waals surface area contributed by atoms with Crippen LogP contribution < -0.4 is 5.32 Å². The first-order valence-corrected chi connectivity index (χ1v) is 6.78. The molecule has 0 fully saturated rings. The van der Waals surface area contributed by atoms with Crippen molar-refractivity contribution in [3.05, 3.63) is 32.8 Å². The summed E-state index contributed by atoms with van der Waals surface area (Å²) in [4.78, 5) is 0. The molecular weight excluding hydrogens is 277 g/mol. The maximum Gasteiger partial charge on any atom is 0.0652 e. The summed E-state index contributed by atoms with van der Waals surface area (Å²) >= 11 is 18.2. The Labute approximate surface area is 118 Å². The lowest BCUT2D eigenvalue weighted by molar-refractivity contribution is 0.366. The molecule has 0 aliphatic heterocycles. The Hall–Kier alpha value is 0.0500. The first-order chi connectivity index (χ1) is 7.81. The molecule has 1 N–H and O–H groups in total. The zero-order chi connectivity index (χ0) is 13.1. The van der Waals surface area contributed by atoms with Gasteiger partial charge in [0.25, 0.3) is 0 Å². The van der Waals surface area contributed by atoms with Gasteiger partial charge in [0.2, 0.25) is 0 Å². The molecule has 0 heterocycles. The summed E-state index contributed by atoms with van der Waals surface area (Å²) in [6.45, 7) is 8.23. The summed E-state index contributed by atoms with van der Waals surface area (Å²) in [5.74, 6) is 0. The van der Waals surface area contributed by atoms with E-state index in [0.29, 0.717) is 27.0 Å². The molecule has 0 bridgehead atoms. The van der Waals surface area contributed by atoms with E-state index in [9.17, 15) is 0 Å².